The smallest absolute Gasteiger partial charge is 0.0499 e. The molecule has 72 valence electrons. The normalized spacial score (nSPS) is 16.3. The first-order chi connectivity index (χ1) is 6.93. The zero-order valence-corrected chi connectivity index (χ0v) is 8.09. The molecule has 2 nitrogen and oxygen atoms in total. The van der Waals surface area contributed by atoms with Gasteiger partial charge >= 0.3 is 0 Å². The third-order valence-corrected chi connectivity index (χ3v) is 2.83. The molecule has 1 aliphatic rings. The molecular formula is C12H14N2. The number of hydrogen-bond acceptors (Lipinski definition) is 1. The summed E-state index contributed by atoms with van der Waals surface area (Å²) in [6.07, 6.45) is 4.70. The Labute approximate surface area is 83.3 Å². The van der Waals surface area contributed by atoms with Crippen LogP contribution in [0, 0.1) is 0 Å². The lowest BCUT2D eigenvalue weighted by molar-refractivity contribution is 0.690. The minimum atomic E-state index is 0.778. The average molecular weight is 186 g/mol. The Morgan fingerprint density at radius 3 is 3.07 bits per heavy atom. The van der Waals surface area contributed by atoms with Crippen LogP contribution in [0.2, 0.25) is 0 Å². The Balaban J connectivity index is 1.89. The summed E-state index contributed by atoms with van der Waals surface area (Å²) in [6, 6.07) is 9.36. The highest BCUT2D eigenvalue weighted by Gasteiger charge is 2.20. The second-order valence-electron chi connectivity index (χ2n) is 4.01. The lowest BCUT2D eigenvalue weighted by Gasteiger charge is -2.04. The van der Waals surface area contributed by atoms with Crippen molar-refractivity contribution in [3.63, 3.8) is 0 Å². The van der Waals surface area contributed by atoms with Crippen molar-refractivity contribution in [1.29, 1.82) is 0 Å². The quantitative estimate of drug-likeness (QED) is 0.757. The van der Waals surface area contributed by atoms with Gasteiger partial charge in [-0.2, -0.15) is 0 Å². The number of fused-ring (bicyclic) bond motifs is 1. The minimum absolute atomic E-state index is 0.778. The van der Waals surface area contributed by atoms with Crippen LogP contribution in [-0.4, -0.2) is 11.0 Å². The van der Waals surface area contributed by atoms with Gasteiger partial charge in [0, 0.05) is 24.3 Å². The van der Waals surface area contributed by atoms with Crippen LogP contribution in [0.3, 0.4) is 0 Å². The number of aromatic nitrogens is 1. The van der Waals surface area contributed by atoms with Gasteiger partial charge in [-0.1, -0.05) is 18.2 Å². The molecule has 1 aliphatic carbocycles. The van der Waals surface area contributed by atoms with E-state index in [9.17, 15) is 0 Å². The summed E-state index contributed by atoms with van der Waals surface area (Å²) in [5.41, 5.74) is 2.65. The number of H-pyrrole nitrogens is 1. The molecule has 0 unspecified atom stereocenters. The van der Waals surface area contributed by atoms with E-state index < -0.39 is 0 Å². The van der Waals surface area contributed by atoms with Gasteiger partial charge < -0.3 is 10.3 Å². The molecule has 2 aromatic rings. The van der Waals surface area contributed by atoms with Crippen molar-refractivity contribution in [1.82, 2.24) is 10.3 Å². The first-order valence-corrected chi connectivity index (χ1v) is 5.22. The molecular weight excluding hydrogens is 172 g/mol. The molecule has 14 heavy (non-hydrogen) atoms. The van der Waals surface area contributed by atoms with Gasteiger partial charge in [0.2, 0.25) is 0 Å². The Morgan fingerprint density at radius 2 is 2.21 bits per heavy atom. The van der Waals surface area contributed by atoms with Gasteiger partial charge in [0.25, 0.3) is 0 Å². The van der Waals surface area contributed by atoms with E-state index in [-0.39, 0.29) is 0 Å². The fourth-order valence-corrected chi connectivity index (χ4v) is 1.84. The van der Waals surface area contributed by atoms with Crippen molar-refractivity contribution in [2.24, 2.45) is 0 Å². The van der Waals surface area contributed by atoms with Crippen LogP contribution in [-0.2, 0) is 6.54 Å². The maximum atomic E-state index is 3.53. The highest BCUT2D eigenvalue weighted by Crippen LogP contribution is 2.21. The highest BCUT2D eigenvalue weighted by atomic mass is 14.9. The van der Waals surface area contributed by atoms with E-state index in [1.807, 2.05) is 6.20 Å². The molecule has 1 fully saturated rings. The van der Waals surface area contributed by atoms with Gasteiger partial charge in [-0.25, -0.2) is 0 Å². The molecule has 0 atom stereocenters. The van der Waals surface area contributed by atoms with E-state index in [0.717, 1.165) is 12.6 Å². The van der Waals surface area contributed by atoms with E-state index in [2.05, 4.69) is 34.6 Å². The topological polar surface area (TPSA) is 27.8 Å². The van der Waals surface area contributed by atoms with Crippen LogP contribution in [0.4, 0.5) is 0 Å². The van der Waals surface area contributed by atoms with Gasteiger partial charge in [-0.05, 0) is 29.9 Å². The lowest BCUT2D eigenvalue weighted by Crippen LogP contribution is -2.15. The number of para-hydroxylation sites is 1. The van der Waals surface area contributed by atoms with Gasteiger partial charge in [0.1, 0.15) is 0 Å². The standard InChI is InChI=1S/C12H14N2/c1-2-9-6-7-13-12(9)10(3-1)8-14-11-4-5-11/h1-3,6-7,11,13-14H,4-5,8H2. The van der Waals surface area contributed by atoms with Crippen LogP contribution in [0.15, 0.2) is 30.5 Å². The number of hydrogen-bond donors (Lipinski definition) is 2. The molecule has 3 rings (SSSR count). The molecule has 1 aromatic carbocycles. The molecule has 0 bridgehead atoms. The molecule has 1 heterocycles. The van der Waals surface area contributed by atoms with Crippen molar-refractivity contribution < 1.29 is 0 Å². The van der Waals surface area contributed by atoms with Crippen LogP contribution in [0.5, 0.6) is 0 Å². The molecule has 1 aromatic heterocycles. The van der Waals surface area contributed by atoms with Crippen LogP contribution < -0.4 is 5.32 Å². The summed E-state index contributed by atoms with van der Waals surface area (Å²) in [5.74, 6) is 0. The zero-order chi connectivity index (χ0) is 9.38. The second-order valence-corrected chi connectivity index (χ2v) is 4.01. The SMILES string of the molecule is c1cc(CNC2CC2)c2[nH]ccc2c1. The summed E-state index contributed by atoms with van der Waals surface area (Å²) in [7, 11) is 0. The van der Waals surface area contributed by atoms with Crippen molar-refractivity contribution in [3.05, 3.63) is 36.0 Å². The summed E-state index contributed by atoms with van der Waals surface area (Å²) >= 11 is 0. The minimum Gasteiger partial charge on any atom is -0.361 e. The van der Waals surface area contributed by atoms with Crippen LogP contribution in [0.1, 0.15) is 18.4 Å². The van der Waals surface area contributed by atoms with Crippen LogP contribution >= 0.6 is 0 Å². The van der Waals surface area contributed by atoms with Crippen molar-refractivity contribution in [2.75, 3.05) is 0 Å². The summed E-state index contributed by atoms with van der Waals surface area (Å²) in [6.45, 7) is 0.989. The van der Waals surface area contributed by atoms with E-state index >= 15 is 0 Å². The molecule has 0 amide bonds. The van der Waals surface area contributed by atoms with Gasteiger partial charge in [0.05, 0.1) is 0 Å². The first-order valence-electron chi connectivity index (χ1n) is 5.22. The van der Waals surface area contributed by atoms with Crippen molar-refractivity contribution in [3.8, 4) is 0 Å². The van der Waals surface area contributed by atoms with Crippen molar-refractivity contribution >= 4 is 10.9 Å². The van der Waals surface area contributed by atoms with Crippen molar-refractivity contribution in [2.45, 2.75) is 25.4 Å². The number of benzene rings is 1. The largest absolute Gasteiger partial charge is 0.361 e. The maximum absolute atomic E-state index is 3.53. The third-order valence-electron chi connectivity index (χ3n) is 2.83. The van der Waals surface area contributed by atoms with Gasteiger partial charge in [-0.15, -0.1) is 0 Å². The third kappa shape index (κ3) is 1.42. The first kappa shape index (κ1) is 8.06. The number of aromatic amines is 1. The fourth-order valence-electron chi connectivity index (χ4n) is 1.84. The molecule has 0 aliphatic heterocycles. The Hall–Kier alpha value is -1.28. The predicted octanol–water partition coefficient (Wildman–Crippen LogP) is 2.42. The fraction of sp³-hybridized carbons (Fsp3) is 0.333. The molecule has 0 spiro atoms. The van der Waals surface area contributed by atoms with E-state index in [1.54, 1.807) is 0 Å². The molecule has 1 saturated carbocycles. The summed E-state index contributed by atoms with van der Waals surface area (Å²) < 4.78 is 0. The van der Waals surface area contributed by atoms with Gasteiger partial charge in [0.15, 0.2) is 0 Å². The lowest BCUT2D eigenvalue weighted by atomic mass is 10.1. The molecule has 2 N–H and O–H groups in total. The molecule has 0 radical (unpaired) electrons. The number of nitrogens with one attached hydrogen (secondary N) is 2. The maximum Gasteiger partial charge on any atom is 0.0499 e. The Kier molecular flexibility index (Phi) is 1.81. The highest BCUT2D eigenvalue weighted by molar-refractivity contribution is 5.82. The second kappa shape index (κ2) is 3.14. The molecule has 0 saturated heterocycles. The Bertz CT molecular complexity index is 440. The zero-order valence-electron chi connectivity index (χ0n) is 8.09. The summed E-state index contributed by atoms with van der Waals surface area (Å²) in [5, 5.41) is 4.84. The van der Waals surface area contributed by atoms with E-state index in [4.69, 9.17) is 0 Å². The van der Waals surface area contributed by atoms with E-state index in [1.165, 1.54) is 29.3 Å². The van der Waals surface area contributed by atoms with Gasteiger partial charge in [-0.3, -0.25) is 0 Å². The van der Waals surface area contributed by atoms with Crippen LogP contribution in [0.25, 0.3) is 10.9 Å². The average Bonchev–Trinajstić information content (AvgIpc) is 2.91. The number of rotatable bonds is 3. The molecule has 2 heteroatoms. The Morgan fingerprint density at radius 1 is 1.29 bits per heavy atom. The predicted molar refractivity (Wildman–Crippen MR) is 58.2 cm³/mol. The summed E-state index contributed by atoms with van der Waals surface area (Å²) in [4.78, 5) is 3.29. The monoisotopic (exact) mass is 186 g/mol. The van der Waals surface area contributed by atoms with E-state index in [0.29, 0.717) is 0 Å².